The minimum absolute atomic E-state index is 0.0363. The molecule has 0 saturated heterocycles. The van der Waals surface area contributed by atoms with Gasteiger partial charge in [0.05, 0.1) is 17.4 Å². The molecule has 0 bridgehead atoms. The zero-order valence-corrected chi connectivity index (χ0v) is 24.8. The van der Waals surface area contributed by atoms with Crippen LogP contribution in [0.1, 0.15) is 98.2 Å². The van der Waals surface area contributed by atoms with Crippen molar-refractivity contribution in [2.24, 2.45) is 16.3 Å². The van der Waals surface area contributed by atoms with E-state index < -0.39 is 0 Å². The van der Waals surface area contributed by atoms with Gasteiger partial charge in [-0.2, -0.15) is 0 Å². The summed E-state index contributed by atoms with van der Waals surface area (Å²) in [6.07, 6.45) is 8.80. The Balaban J connectivity index is 1.31. The maximum atomic E-state index is 13.5. The summed E-state index contributed by atoms with van der Waals surface area (Å²) in [6.45, 7) is 7.75. The summed E-state index contributed by atoms with van der Waals surface area (Å²) in [4.78, 5) is 38.3. The number of amides is 2. The summed E-state index contributed by atoms with van der Waals surface area (Å²) in [5.41, 5.74) is 6.57. The van der Waals surface area contributed by atoms with Gasteiger partial charge in [0.25, 0.3) is 11.8 Å². The third-order valence-electron chi connectivity index (χ3n) is 8.93. The number of rotatable bonds is 8. The fraction of sp³-hybridized carbons (Fsp3) is 0.576. The van der Waals surface area contributed by atoms with Crippen LogP contribution in [-0.2, 0) is 24.1 Å². The smallest absolute Gasteiger partial charge is 0.266 e. The third-order valence-corrected chi connectivity index (χ3v) is 8.93. The van der Waals surface area contributed by atoms with Crippen LogP contribution in [0.3, 0.4) is 0 Å². The van der Waals surface area contributed by atoms with Gasteiger partial charge in [-0.3, -0.25) is 14.6 Å². The first-order valence-corrected chi connectivity index (χ1v) is 15.0. The van der Waals surface area contributed by atoms with E-state index in [-0.39, 0.29) is 29.3 Å². The van der Waals surface area contributed by atoms with E-state index in [4.69, 9.17) is 9.98 Å². The van der Waals surface area contributed by atoms with Gasteiger partial charge < -0.3 is 15.5 Å². The Bertz CT molecular complexity index is 1290. The van der Waals surface area contributed by atoms with Crippen molar-refractivity contribution >= 4 is 23.2 Å². The van der Waals surface area contributed by atoms with E-state index in [0.717, 1.165) is 62.0 Å². The second-order valence-electron chi connectivity index (χ2n) is 13.3. The van der Waals surface area contributed by atoms with Crippen molar-refractivity contribution in [1.29, 1.82) is 0 Å². The highest BCUT2D eigenvalue weighted by atomic mass is 16.2. The average molecular weight is 544 g/mol. The number of fused-ring (bicyclic) bond motifs is 2. The lowest BCUT2D eigenvalue weighted by molar-refractivity contribution is -0.115. The van der Waals surface area contributed by atoms with Crippen LogP contribution in [0.25, 0.3) is 0 Å². The summed E-state index contributed by atoms with van der Waals surface area (Å²) >= 11 is 0. The molecule has 1 aromatic carbocycles. The van der Waals surface area contributed by atoms with E-state index in [1.54, 1.807) is 0 Å². The van der Waals surface area contributed by atoms with Crippen LogP contribution in [0.5, 0.6) is 0 Å². The lowest BCUT2D eigenvalue weighted by Gasteiger charge is -2.34. The number of aliphatic imine (C=N–C) groups is 1. The normalized spacial score (nSPS) is 19.6. The molecular formula is C33H45N5O2. The minimum Gasteiger partial charge on any atom is -0.349 e. The van der Waals surface area contributed by atoms with Gasteiger partial charge in [-0.25, -0.2) is 4.99 Å². The summed E-state index contributed by atoms with van der Waals surface area (Å²) in [7, 11) is 4.05. The molecule has 40 heavy (non-hydrogen) atoms. The molecule has 1 saturated carbocycles. The molecular weight excluding hydrogens is 498 g/mol. The van der Waals surface area contributed by atoms with Crippen molar-refractivity contribution in [3.05, 3.63) is 58.4 Å². The van der Waals surface area contributed by atoms with Crippen LogP contribution in [0, 0.1) is 11.3 Å². The van der Waals surface area contributed by atoms with E-state index >= 15 is 0 Å². The van der Waals surface area contributed by atoms with Gasteiger partial charge in [0.15, 0.2) is 0 Å². The topological polar surface area (TPSA) is 86.7 Å². The first-order chi connectivity index (χ1) is 19.1. The Morgan fingerprint density at radius 2 is 1.82 bits per heavy atom. The van der Waals surface area contributed by atoms with Gasteiger partial charge in [0.1, 0.15) is 5.71 Å². The molecule has 2 amide bonds. The molecule has 7 heteroatoms. The van der Waals surface area contributed by atoms with Gasteiger partial charge >= 0.3 is 0 Å². The number of benzene rings is 1. The fourth-order valence-electron chi connectivity index (χ4n) is 6.32. The van der Waals surface area contributed by atoms with Crippen molar-refractivity contribution in [1.82, 2.24) is 20.5 Å². The minimum atomic E-state index is -0.228. The molecule has 5 rings (SSSR count). The summed E-state index contributed by atoms with van der Waals surface area (Å²) in [5.74, 6) is 0.431. The highest BCUT2D eigenvalue weighted by molar-refractivity contribution is 6.40. The van der Waals surface area contributed by atoms with Crippen molar-refractivity contribution in [3.63, 3.8) is 0 Å². The predicted octanol–water partition coefficient (Wildman–Crippen LogP) is 5.34. The molecule has 0 spiro atoms. The van der Waals surface area contributed by atoms with Crippen LogP contribution in [0.4, 0.5) is 5.69 Å². The molecule has 2 heterocycles. The lowest BCUT2D eigenvalue weighted by Crippen LogP contribution is -2.36. The SMILES string of the molecule is CN(C)CC[C@@H](NC(=O)C1=Nc2cc3c(nc2C1)CC[C@H](C(C)(C)C)C3)c1cccc(C(=O)NC2CCCC2)c1. The molecule has 0 unspecified atom stereocenters. The van der Waals surface area contributed by atoms with Crippen molar-refractivity contribution in [3.8, 4) is 0 Å². The van der Waals surface area contributed by atoms with Gasteiger partial charge in [-0.05, 0) is 99.8 Å². The quantitative estimate of drug-likeness (QED) is 0.470. The monoisotopic (exact) mass is 543 g/mol. The molecule has 1 fully saturated rings. The number of hydrogen-bond acceptors (Lipinski definition) is 5. The van der Waals surface area contributed by atoms with Crippen molar-refractivity contribution in [2.75, 3.05) is 20.6 Å². The molecule has 3 aliphatic rings. The fourth-order valence-corrected chi connectivity index (χ4v) is 6.32. The number of nitrogens with zero attached hydrogens (tertiary/aromatic N) is 3. The summed E-state index contributed by atoms with van der Waals surface area (Å²) in [5, 5.41) is 6.43. The largest absolute Gasteiger partial charge is 0.349 e. The van der Waals surface area contributed by atoms with Crippen LogP contribution < -0.4 is 10.6 Å². The average Bonchev–Trinajstić information content (AvgIpc) is 3.58. The van der Waals surface area contributed by atoms with Gasteiger partial charge in [-0.1, -0.05) is 45.7 Å². The lowest BCUT2D eigenvalue weighted by atomic mass is 9.71. The molecule has 2 atom stereocenters. The molecule has 1 aliphatic heterocycles. The maximum absolute atomic E-state index is 13.5. The number of carbonyl (C=O) groups is 2. The van der Waals surface area contributed by atoms with Gasteiger partial charge in [0.2, 0.25) is 0 Å². The second-order valence-corrected chi connectivity index (χ2v) is 13.3. The second kappa shape index (κ2) is 11.8. The molecule has 7 nitrogen and oxygen atoms in total. The van der Waals surface area contributed by atoms with Crippen LogP contribution in [0.2, 0.25) is 0 Å². The highest BCUT2D eigenvalue weighted by Gasteiger charge is 2.32. The number of aromatic nitrogens is 1. The molecule has 1 aromatic heterocycles. The number of aryl methyl sites for hydroxylation is 1. The van der Waals surface area contributed by atoms with Crippen molar-refractivity contribution < 1.29 is 9.59 Å². The van der Waals surface area contributed by atoms with E-state index in [9.17, 15) is 9.59 Å². The predicted molar refractivity (Wildman–Crippen MR) is 160 cm³/mol. The van der Waals surface area contributed by atoms with Crippen molar-refractivity contribution in [2.45, 2.75) is 90.6 Å². The van der Waals surface area contributed by atoms with Gasteiger partial charge in [0, 0.05) is 23.7 Å². The third kappa shape index (κ3) is 6.63. The molecule has 2 aromatic rings. The molecule has 2 aliphatic carbocycles. The zero-order valence-electron chi connectivity index (χ0n) is 24.8. The Morgan fingerprint density at radius 1 is 1.05 bits per heavy atom. The first kappa shape index (κ1) is 28.5. The molecule has 214 valence electrons. The van der Waals surface area contributed by atoms with E-state index in [1.807, 2.05) is 38.4 Å². The van der Waals surface area contributed by atoms with E-state index in [0.29, 0.717) is 23.6 Å². The Hall–Kier alpha value is -3.06. The summed E-state index contributed by atoms with van der Waals surface area (Å²) in [6, 6.07) is 9.90. The van der Waals surface area contributed by atoms with Crippen LogP contribution >= 0.6 is 0 Å². The standard InChI is InChI=1S/C33H45N5O2/c1-33(2,3)24-13-14-26-23(18-24)19-28-29(35-26)20-30(36-28)32(40)37-27(15-16-38(4)5)21-9-8-10-22(17-21)31(39)34-25-11-6-7-12-25/h8-10,17,19,24-25,27H,6-7,11-16,18,20H2,1-5H3,(H,34,39)(H,37,40)/t24-,27+/m0/s1. The van der Waals surface area contributed by atoms with Crippen LogP contribution in [0.15, 0.2) is 35.3 Å². The van der Waals surface area contributed by atoms with E-state index in [2.05, 4.69) is 42.4 Å². The first-order valence-electron chi connectivity index (χ1n) is 15.0. The molecule has 0 radical (unpaired) electrons. The van der Waals surface area contributed by atoms with E-state index in [1.165, 1.54) is 24.1 Å². The maximum Gasteiger partial charge on any atom is 0.266 e. The Kier molecular flexibility index (Phi) is 8.41. The number of hydrogen-bond donors (Lipinski definition) is 2. The number of pyridine rings is 1. The van der Waals surface area contributed by atoms with Gasteiger partial charge in [-0.15, -0.1) is 0 Å². The van der Waals surface area contributed by atoms with Crippen LogP contribution in [-0.4, -0.2) is 54.1 Å². The Morgan fingerprint density at radius 3 is 2.55 bits per heavy atom. The number of nitrogens with one attached hydrogen (secondary N) is 2. The summed E-state index contributed by atoms with van der Waals surface area (Å²) < 4.78 is 0. The molecule has 2 N–H and O–H groups in total. The zero-order chi connectivity index (χ0) is 28.4. The Labute approximate surface area is 239 Å². The number of carbonyl (C=O) groups excluding carboxylic acids is 2. The highest BCUT2D eigenvalue weighted by Crippen LogP contribution is 2.39.